The standard InChI is InChI=1S/C19H23ClN2O4S2/c1-14(27-17-8-4-15(20)5-9-17)19(23)21-12-13-26-16-6-10-18(11-7-16)28(24,25)22(2)3/h4-11,14H,12-13H2,1-3H3,(H,21,23). The summed E-state index contributed by atoms with van der Waals surface area (Å²) in [5.74, 6) is 0.450. The van der Waals surface area contributed by atoms with Gasteiger partial charge in [-0.25, -0.2) is 12.7 Å². The number of nitrogens with zero attached hydrogens (tertiary/aromatic N) is 1. The van der Waals surface area contributed by atoms with E-state index < -0.39 is 10.0 Å². The Hall–Kier alpha value is -1.74. The molecule has 0 fully saturated rings. The summed E-state index contributed by atoms with van der Waals surface area (Å²) < 4.78 is 30.7. The quantitative estimate of drug-likeness (QED) is 0.476. The molecule has 9 heteroatoms. The summed E-state index contributed by atoms with van der Waals surface area (Å²) in [6.07, 6.45) is 0. The normalized spacial score (nSPS) is 12.6. The highest BCUT2D eigenvalue weighted by Crippen LogP contribution is 2.24. The Morgan fingerprint density at radius 1 is 1.14 bits per heavy atom. The number of carbonyl (C=O) groups excluding carboxylic acids is 1. The first-order valence-electron chi connectivity index (χ1n) is 8.55. The Balaban J connectivity index is 1.76. The molecule has 0 heterocycles. The van der Waals surface area contributed by atoms with E-state index in [0.717, 1.165) is 9.20 Å². The van der Waals surface area contributed by atoms with Crippen LogP contribution in [0.2, 0.25) is 5.02 Å². The highest BCUT2D eigenvalue weighted by molar-refractivity contribution is 8.00. The fourth-order valence-corrected chi connectivity index (χ4v) is 4.10. The molecule has 0 aliphatic carbocycles. The predicted molar refractivity (Wildman–Crippen MR) is 113 cm³/mol. The number of rotatable bonds is 9. The number of hydrogen-bond donors (Lipinski definition) is 1. The van der Waals surface area contributed by atoms with Gasteiger partial charge >= 0.3 is 0 Å². The minimum absolute atomic E-state index is 0.0871. The van der Waals surface area contributed by atoms with Gasteiger partial charge < -0.3 is 10.1 Å². The molecule has 0 aromatic heterocycles. The van der Waals surface area contributed by atoms with Gasteiger partial charge in [0.1, 0.15) is 12.4 Å². The maximum Gasteiger partial charge on any atom is 0.242 e. The molecular formula is C19H23ClN2O4S2. The molecule has 0 bridgehead atoms. The van der Waals surface area contributed by atoms with Gasteiger partial charge in [-0.1, -0.05) is 11.6 Å². The van der Waals surface area contributed by atoms with E-state index in [1.165, 1.54) is 38.0 Å². The van der Waals surface area contributed by atoms with Crippen molar-refractivity contribution < 1.29 is 17.9 Å². The number of ether oxygens (including phenoxy) is 1. The van der Waals surface area contributed by atoms with E-state index >= 15 is 0 Å². The van der Waals surface area contributed by atoms with Crippen LogP contribution in [0, 0.1) is 0 Å². The lowest BCUT2D eigenvalue weighted by atomic mass is 10.3. The number of thioether (sulfide) groups is 1. The first kappa shape index (κ1) is 22.5. The minimum atomic E-state index is -3.46. The Bertz CT molecular complexity index is 885. The average molecular weight is 443 g/mol. The second-order valence-electron chi connectivity index (χ2n) is 6.11. The summed E-state index contributed by atoms with van der Waals surface area (Å²) in [5.41, 5.74) is 0. The summed E-state index contributed by atoms with van der Waals surface area (Å²) >= 11 is 7.30. The van der Waals surface area contributed by atoms with Crippen molar-refractivity contribution in [3.8, 4) is 5.75 Å². The molecule has 0 saturated heterocycles. The molecule has 0 radical (unpaired) electrons. The number of benzene rings is 2. The smallest absolute Gasteiger partial charge is 0.242 e. The van der Waals surface area contributed by atoms with Crippen LogP contribution < -0.4 is 10.1 Å². The van der Waals surface area contributed by atoms with Gasteiger partial charge in [-0.3, -0.25) is 4.79 Å². The molecule has 2 aromatic rings. The van der Waals surface area contributed by atoms with Gasteiger partial charge in [0.2, 0.25) is 15.9 Å². The molecule has 0 aliphatic heterocycles. The van der Waals surface area contributed by atoms with Gasteiger partial charge in [-0.15, -0.1) is 11.8 Å². The lowest BCUT2D eigenvalue weighted by Gasteiger charge is -2.13. The monoisotopic (exact) mass is 442 g/mol. The molecule has 6 nitrogen and oxygen atoms in total. The van der Waals surface area contributed by atoms with E-state index in [1.54, 1.807) is 24.3 Å². The van der Waals surface area contributed by atoms with Crippen LogP contribution in [0.15, 0.2) is 58.3 Å². The third-order valence-electron chi connectivity index (χ3n) is 3.77. The zero-order chi connectivity index (χ0) is 20.7. The molecule has 2 rings (SSSR count). The van der Waals surface area contributed by atoms with E-state index in [1.807, 2.05) is 19.1 Å². The third kappa shape index (κ3) is 6.41. The summed E-state index contributed by atoms with van der Waals surface area (Å²) in [5, 5.41) is 3.23. The van der Waals surface area contributed by atoms with Crippen LogP contribution in [-0.2, 0) is 14.8 Å². The lowest BCUT2D eigenvalue weighted by molar-refractivity contribution is -0.120. The second kappa shape index (κ2) is 10.2. The van der Waals surface area contributed by atoms with Gasteiger partial charge in [0, 0.05) is 24.0 Å². The summed E-state index contributed by atoms with van der Waals surface area (Å²) in [4.78, 5) is 13.3. The molecule has 0 spiro atoms. The number of halogens is 1. The number of hydrogen-bond acceptors (Lipinski definition) is 5. The number of amides is 1. The number of sulfonamides is 1. The van der Waals surface area contributed by atoms with Crippen molar-refractivity contribution in [3.63, 3.8) is 0 Å². The topological polar surface area (TPSA) is 75.7 Å². The molecule has 152 valence electrons. The zero-order valence-corrected chi connectivity index (χ0v) is 18.3. The first-order chi connectivity index (χ1) is 13.2. The van der Waals surface area contributed by atoms with E-state index in [2.05, 4.69) is 5.32 Å². The largest absolute Gasteiger partial charge is 0.492 e. The second-order valence-corrected chi connectivity index (χ2v) is 10.1. The van der Waals surface area contributed by atoms with Crippen molar-refractivity contribution in [2.24, 2.45) is 0 Å². The Morgan fingerprint density at radius 2 is 1.75 bits per heavy atom. The van der Waals surface area contributed by atoms with Gasteiger partial charge in [-0.2, -0.15) is 0 Å². The average Bonchev–Trinajstić information content (AvgIpc) is 2.67. The molecule has 28 heavy (non-hydrogen) atoms. The molecule has 1 N–H and O–H groups in total. The highest BCUT2D eigenvalue weighted by Gasteiger charge is 2.17. The van der Waals surface area contributed by atoms with Gasteiger partial charge in [0.15, 0.2) is 0 Å². The Labute approximate surface area is 175 Å². The van der Waals surface area contributed by atoms with E-state index in [9.17, 15) is 13.2 Å². The van der Waals surface area contributed by atoms with Crippen LogP contribution >= 0.6 is 23.4 Å². The van der Waals surface area contributed by atoms with Crippen LogP contribution in [0.5, 0.6) is 5.75 Å². The third-order valence-corrected chi connectivity index (χ3v) is 6.96. The van der Waals surface area contributed by atoms with Crippen molar-refractivity contribution in [2.45, 2.75) is 22.0 Å². The van der Waals surface area contributed by atoms with Crippen LogP contribution in [0.25, 0.3) is 0 Å². The maximum atomic E-state index is 12.2. The van der Waals surface area contributed by atoms with Crippen molar-refractivity contribution in [2.75, 3.05) is 27.2 Å². The Morgan fingerprint density at radius 3 is 2.32 bits per heavy atom. The van der Waals surface area contributed by atoms with Gasteiger partial charge in [-0.05, 0) is 55.5 Å². The summed E-state index contributed by atoms with van der Waals surface area (Å²) in [6, 6.07) is 13.5. The van der Waals surface area contributed by atoms with Crippen molar-refractivity contribution >= 4 is 39.3 Å². The van der Waals surface area contributed by atoms with E-state index in [4.69, 9.17) is 16.3 Å². The molecule has 0 saturated carbocycles. The fraction of sp³-hybridized carbons (Fsp3) is 0.316. The van der Waals surface area contributed by atoms with Crippen molar-refractivity contribution in [3.05, 3.63) is 53.6 Å². The first-order valence-corrected chi connectivity index (χ1v) is 11.3. The van der Waals surface area contributed by atoms with Crippen molar-refractivity contribution in [1.82, 2.24) is 9.62 Å². The zero-order valence-electron chi connectivity index (χ0n) is 15.9. The molecule has 1 atom stereocenters. The van der Waals surface area contributed by atoms with E-state index in [-0.39, 0.29) is 22.7 Å². The van der Waals surface area contributed by atoms with E-state index in [0.29, 0.717) is 17.3 Å². The Kier molecular flexibility index (Phi) is 8.18. The van der Waals surface area contributed by atoms with Crippen LogP contribution in [0.3, 0.4) is 0 Å². The van der Waals surface area contributed by atoms with Gasteiger partial charge in [0.25, 0.3) is 0 Å². The van der Waals surface area contributed by atoms with Gasteiger partial charge in [0.05, 0.1) is 16.7 Å². The molecule has 0 aliphatic rings. The number of nitrogens with one attached hydrogen (secondary N) is 1. The highest BCUT2D eigenvalue weighted by atomic mass is 35.5. The molecule has 2 aromatic carbocycles. The SMILES string of the molecule is CC(Sc1ccc(Cl)cc1)C(=O)NCCOc1ccc(S(=O)(=O)N(C)C)cc1. The number of carbonyl (C=O) groups is 1. The molecular weight excluding hydrogens is 420 g/mol. The molecule has 1 amide bonds. The minimum Gasteiger partial charge on any atom is -0.492 e. The molecule has 1 unspecified atom stereocenters. The summed E-state index contributed by atoms with van der Waals surface area (Å²) in [6.45, 7) is 2.46. The summed E-state index contributed by atoms with van der Waals surface area (Å²) in [7, 11) is -0.495. The van der Waals surface area contributed by atoms with Crippen LogP contribution in [0.4, 0.5) is 0 Å². The lowest BCUT2D eigenvalue weighted by Crippen LogP contribution is -2.33. The maximum absolute atomic E-state index is 12.2. The fourth-order valence-electron chi connectivity index (χ4n) is 2.18. The van der Waals surface area contributed by atoms with Crippen LogP contribution in [0.1, 0.15) is 6.92 Å². The predicted octanol–water partition coefficient (Wildman–Crippen LogP) is 3.27. The van der Waals surface area contributed by atoms with Crippen molar-refractivity contribution in [1.29, 1.82) is 0 Å². The van der Waals surface area contributed by atoms with Crippen LogP contribution in [-0.4, -0.2) is 51.1 Å².